The fraction of sp³-hybridized carbons (Fsp3) is 0.320. The molecule has 202 valence electrons. The molecule has 38 heavy (non-hydrogen) atoms. The number of hydrogen-bond donors (Lipinski definition) is 1. The van der Waals surface area contributed by atoms with Crippen LogP contribution < -0.4 is 5.43 Å². The number of nitrogens with one attached hydrogen (secondary N) is 1. The van der Waals surface area contributed by atoms with Crippen molar-refractivity contribution < 1.29 is 31.1 Å². The highest BCUT2D eigenvalue weighted by atomic mass is 19.4. The van der Waals surface area contributed by atoms with Crippen molar-refractivity contribution in [2.45, 2.75) is 19.3 Å². The lowest BCUT2D eigenvalue weighted by molar-refractivity contribution is -0.137. The Balaban J connectivity index is 1.72. The largest absolute Gasteiger partial charge is 0.417 e. The molecule has 0 aliphatic carbocycles. The lowest BCUT2D eigenvalue weighted by atomic mass is 10.1. The molecule has 0 radical (unpaired) electrons. The van der Waals surface area contributed by atoms with Gasteiger partial charge in [-0.25, -0.2) is 14.7 Å². The van der Waals surface area contributed by atoms with Crippen molar-refractivity contribution in [3.05, 3.63) is 65.7 Å². The van der Waals surface area contributed by atoms with E-state index >= 15 is 0 Å². The van der Waals surface area contributed by atoms with Crippen molar-refractivity contribution in [1.82, 2.24) is 30.1 Å². The molecule has 0 unspecified atom stereocenters. The molecule has 1 aromatic heterocycles. The third kappa shape index (κ3) is 6.22. The first-order chi connectivity index (χ1) is 18.0. The molecular weight excluding hydrogens is 514 g/mol. The van der Waals surface area contributed by atoms with E-state index in [9.17, 15) is 31.1 Å². The van der Waals surface area contributed by atoms with Gasteiger partial charge >= 0.3 is 12.4 Å². The fourth-order valence-electron chi connectivity index (χ4n) is 4.08. The van der Waals surface area contributed by atoms with Crippen LogP contribution in [0.15, 0.2) is 54.6 Å². The summed E-state index contributed by atoms with van der Waals surface area (Å²) in [6, 6.07) is 9.01. The van der Waals surface area contributed by atoms with Gasteiger partial charge in [-0.2, -0.15) is 26.3 Å². The van der Waals surface area contributed by atoms with Gasteiger partial charge < -0.3 is 4.90 Å². The molecule has 13 heteroatoms. The number of hydrazine groups is 1. The molecule has 4 rings (SSSR count). The van der Waals surface area contributed by atoms with Crippen LogP contribution in [0.2, 0.25) is 0 Å². The number of nitrogens with zero attached hydrogens (tertiary/aromatic N) is 5. The van der Waals surface area contributed by atoms with E-state index in [0.717, 1.165) is 60.9 Å². The maximum Gasteiger partial charge on any atom is 0.417 e. The van der Waals surface area contributed by atoms with Crippen LogP contribution in [0, 0.1) is 0 Å². The van der Waals surface area contributed by atoms with E-state index in [1.807, 2.05) is 6.92 Å². The van der Waals surface area contributed by atoms with Crippen LogP contribution in [0.5, 0.6) is 0 Å². The lowest BCUT2D eigenvalue weighted by Gasteiger charge is -2.33. The highest BCUT2D eigenvalue weighted by Gasteiger charge is 2.36. The van der Waals surface area contributed by atoms with Crippen molar-refractivity contribution in [3.63, 3.8) is 0 Å². The average Bonchev–Trinajstić information content (AvgIpc) is 3.31. The summed E-state index contributed by atoms with van der Waals surface area (Å²) in [4.78, 5) is 18.8. The van der Waals surface area contributed by atoms with Crippen LogP contribution in [-0.2, 0) is 17.1 Å². The first-order valence-electron chi connectivity index (χ1n) is 11.7. The smallest absolute Gasteiger partial charge is 0.301 e. The minimum absolute atomic E-state index is 0.370. The van der Waals surface area contributed by atoms with Gasteiger partial charge in [0.2, 0.25) is 0 Å². The predicted molar refractivity (Wildman–Crippen MR) is 128 cm³/mol. The first kappa shape index (κ1) is 27.3. The molecule has 1 saturated heterocycles. The second-order valence-electron chi connectivity index (χ2n) is 8.50. The van der Waals surface area contributed by atoms with Gasteiger partial charge in [-0.1, -0.05) is 43.3 Å². The van der Waals surface area contributed by atoms with E-state index in [2.05, 4.69) is 20.4 Å². The van der Waals surface area contributed by atoms with Crippen molar-refractivity contribution in [3.8, 4) is 22.8 Å². The molecule has 0 bridgehead atoms. The second-order valence-corrected chi connectivity index (χ2v) is 8.50. The summed E-state index contributed by atoms with van der Waals surface area (Å²) < 4.78 is 83.0. The molecule has 1 N–H and O–H groups in total. The van der Waals surface area contributed by atoms with Crippen molar-refractivity contribution in [2.24, 2.45) is 0 Å². The Bertz CT molecular complexity index is 1310. The van der Waals surface area contributed by atoms with Gasteiger partial charge in [0.15, 0.2) is 11.6 Å². The number of aromatic nitrogens is 3. The molecular formula is C25H24F6N6O. The minimum Gasteiger partial charge on any atom is -0.301 e. The molecule has 1 amide bonds. The van der Waals surface area contributed by atoms with Crippen LogP contribution in [-0.4, -0.2) is 63.3 Å². The Hall–Kier alpha value is -3.71. The van der Waals surface area contributed by atoms with Crippen LogP contribution in [0.1, 0.15) is 18.1 Å². The number of carbonyl (C=O) groups excluding carboxylic acids is 1. The quantitative estimate of drug-likeness (QED) is 0.361. The Morgan fingerprint density at radius 3 is 2.03 bits per heavy atom. The van der Waals surface area contributed by atoms with E-state index in [0.29, 0.717) is 13.1 Å². The van der Waals surface area contributed by atoms with Crippen molar-refractivity contribution in [1.29, 1.82) is 0 Å². The molecule has 1 aliphatic heterocycles. The molecule has 0 spiro atoms. The number of alkyl halides is 6. The number of amides is 1. The monoisotopic (exact) mass is 538 g/mol. The molecule has 7 nitrogen and oxygen atoms in total. The van der Waals surface area contributed by atoms with Gasteiger partial charge in [-0.05, 0) is 18.7 Å². The van der Waals surface area contributed by atoms with Crippen LogP contribution in [0.25, 0.3) is 29.0 Å². The molecule has 2 heterocycles. The lowest BCUT2D eigenvalue weighted by Crippen LogP contribution is -2.53. The maximum absolute atomic E-state index is 13.7. The van der Waals surface area contributed by atoms with Gasteiger partial charge in [-0.15, -0.1) is 5.10 Å². The number of carbonyl (C=O) groups is 1. The van der Waals surface area contributed by atoms with Crippen molar-refractivity contribution in [2.75, 3.05) is 32.7 Å². The Morgan fingerprint density at radius 2 is 1.45 bits per heavy atom. The molecule has 1 fully saturated rings. The summed E-state index contributed by atoms with van der Waals surface area (Å²) in [5.74, 6) is -1.38. The standard InChI is InChI=1S/C25H24F6N6O/c1-2-35-13-15-36(16-14-35)33-21(38)11-12-37-23(18-8-4-6-10-20(18)25(29,30)31)32-22(34-37)17-7-3-5-9-19(17)24(26,27)28/h3-12H,2,13-16H2,1H3,(H,33,38)/b12-11-. The Morgan fingerprint density at radius 1 is 0.895 bits per heavy atom. The zero-order chi connectivity index (χ0) is 27.5. The minimum atomic E-state index is -4.76. The predicted octanol–water partition coefficient (Wildman–Crippen LogP) is 4.79. The van der Waals surface area contributed by atoms with Gasteiger partial charge in [0.25, 0.3) is 5.91 Å². The second kappa shape index (κ2) is 11.0. The van der Waals surface area contributed by atoms with E-state index in [1.54, 1.807) is 5.01 Å². The summed E-state index contributed by atoms with van der Waals surface area (Å²) in [6.45, 7) is 5.59. The number of benzene rings is 2. The van der Waals surface area contributed by atoms with E-state index in [1.165, 1.54) is 24.3 Å². The SMILES string of the molecule is CCN1CCN(NC(=O)/C=C\n2nc(-c3ccccc3C(F)(F)F)nc2-c2ccccc2C(F)(F)F)CC1. The molecule has 1 aliphatic rings. The summed E-state index contributed by atoms with van der Waals surface area (Å²) >= 11 is 0. The van der Waals surface area contributed by atoms with Gasteiger partial charge in [0, 0.05) is 49.6 Å². The number of likely N-dealkylation sites (N-methyl/N-ethyl adjacent to an activating group) is 1. The maximum atomic E-state index is 13.7. The third-order valence-electron chi connectivity index (χ3n) is 6.03. The average molecular weight is 538 g/mol. The Labute approximate surface area is 214 Å². The zero-order valence-electron chi connectivity index (χ0n) is 20.2. The highest BCUT2D eigenvalue weighted by Crippen LogP contribution is 2.39. The zero-order valence-corrected chi connectivity index (χ0v) is 20.2. The normalized spacial score (nSPS) is 15.8. The molecule has 0 saturated carbocycles. The first-order valence-corrected chi connectivity index (χ1v) is 11.7. The Kier molecular flexibility index (Phi) is 7.88. The van der Waals surface area contributed by atoms with Crippen LogP contribution in [0.3, 0.4) is 0 Å². The van der Waals surface area contributed by atoms with Crippen LogP contribution in [0.4, 0.5) is 26.3 Å². The molecule has 2 aromatic carbocycles. The summed E-state index contributed by atoms with van der Waals surface area (Å²) in [6.07, 6.45) is -7.39. The number of rotatable bonds is 6. The fourth-order valence-corrected chi connectivity index (χ4v) is 4.08. The van der Waals surface area contributed by atoms with Gasteiger partial charge in [-0.3, -0.25) is 10.2 Å². The topological polar surface area (TPSA) is 66.3 Å². The van der Waals surface area contributed by atoms with Crippen LogP contribution >= 0.6 is 0 Å². The summed E-state index contributed by atoms with van der Waals surface area (Å²) in [7, 11) is 0. The molecule has 0 atom stereocenters. The van der Waals surface area contributed by atoms with Gasteiger partial charge in [0.1, 0.15) is 0 Å². The number of halogens is 6. The summed E-state index contributed by atoms with van der Waals surface area (Å²) in [5, 5.41) is 5.76. The highest BCUT2D eigenvalue weighted by molar-refractivity contribution is 5.90. The number of hydrogen-bond acceptors (Lipinski definition) is 5. The molecule has 3 aromatic rings. The van der Waals surface area contributed by atoms with E-state index in [4.69, 9.17) is 0 Å². The van der Waals surface area contributed by atoms with Gasteiger partial charge in [0.05, 0.1) is 11.1 Å². The third-order valence-corrected chi connectivity index (χ3v) is 6.03. The number of piperazine rings is 1. The van der Waals surface area contributed by atoms with E-state index < -0.39 is 46.3 Å². The van der Waals surface area contributed by atoms with Crippen molar-refractivity contribution >= 4 is 12.1 Å². The summed E-state index contributed by atoms with van der Waals surface area (Å²) in [5.41, 5.74) is -0.205. The van der Waals surface area contributed by atoms with E-state index in [-0.39, 0.29) is 5.82 Å².